The molecule has 16 heavy (non-hydrogen) atoms. The van der Waals surface area contributed by atoms with Gasteiger partial charge in [0.15, 0.2) is 0 Å². The highest BCUT2D eigenvalue weighted by Gasteiger charge is 2.26. The monoisotopic (exact) mass is 226 g/mol. The van der Waals surface area contributed by atoms with Crippen molar-refractivity contribution in [1.29, 1.82) is 0 Å². The molecule has 2 saturated heterocycles. The number of hydrogen-bond acceptors (Lipinski definition) is 3. The molecule has 92 valence electrons. The van der Waals surface area contributed by atoms with Crippen LogP contribution in [0.1, 0.15) is 26.2 Å². The Kier molecular flexibility index (Phi) is 4.18. The number of ether oxygens (including phenoxy) is 1. The van der Waals surface area contributed by atoms with Gasteiger partial charge in [-0.05, 0) is 44.2 Å². The van der Waals surface area contributed by atoms with Crippen molar-refractivity contribution < 1.29 is 9.53 Å². The van der Waals surface area contributed by atoms with Crippen molar-refractivity contribution in [1.82, 2.24) is 10.6 Å². The molecule has 2 aliphatic rings. The lowest BCUT2D eigenvalue weighted by Gasteiger charge is -2.29. The molecule has 1 amide bonds. The molecule has 2 fully saturated rings. The summed E-state index contributed by atoms with van der Waals surface area (Å²) in [6.45, 7) is 5.93. The standard InChI is InChI=1S/C12H22N2O2/c1-9-7-13-5-4-10(9)8-14-12(15)11-3-2-6-16-11/h9-11,13H,2-8H2,1H3,(H,14,15). The highest BCUT2D eigenvalue weighted by Crippen LogP contribution is 2.18. The first-order chi connectivity index (χ1) is 7.77. The molecule has 2 heterocycles. The van der Waals surface area contributed by atoms with Gasteiger partial charge < -0.3 is 15.4 Å². The summed E-state index contributed by atoms with van der Waals surface area (Å²) in [4.78, 5) is 11.7. The maximum Gasteiger partial charge on any atom is 0.249 e. The number of nitrogens with one attached hydrogen (secondary N) is 2. The molecule has 0 aliphatic carbocycles. The highest BCUT2D eigenvalue weighted by molar-refractivity contribution is 5.80. The van der Waals surface area contributed by atoms with E-state index < -0.39 is 0 Å². The lowest BCUT2D eigenvalue weighted by atomic mass is 9.88. The minimum atomic E-state index is -0.183. The summed E-state index contributed by atoms with van der Waals surface area (Å²) >= 11 is 0. The number of carbonyl (C=O) groups is 1. The number of carbonyl (C=O) groups excluding carboxylic acids is 1. The SMILES string of the molecule is CC1CNCCC1CNC(=O)C1CCCO1. The van der Waals surface area contributed by atoms with Gasteiger partial charge >= 0.3 is 0 Å². The summed E-state index contributed by atoms with van der Waals surface area (Å²) in [6.07, 6.45) is 2.87. The smallest absolute Gasteiger partial charge is 0.249 e. The molecular formula is C12H22N2O2. The van der Waals surface area contributed by atoms with Gasteiger partial charge in [0.2, 0.25) is 5.91 Å². The van der Waals surface area contributed by atoms with E-state index in [0.717, 1.165) is 45.5 Å². The van der Waals surface area contributed by atoms with Gasteiger partial charge in [-0.25, -0.2) is 0 Å². The molecule has 0 saturated carbocycles. The van der Waals surface area contributed by atoms with E-state index in [4.69, 9.17) is 4.74 Å². The van der Waals surface area contributed by atoms with Crippen LogP contribution >= 0.6 is 0 Å². The van der Waals surface area contributed by atoms with Crippen LogP contribution in [0, 0.1) is 11.8 Å². The second-order valence-corrected chi connectivity index (χ2v) is 4.98. The zero-order valence-electron chi connectivity index (χ0n) is 10.00. The molecule has 2 N–H and O–H groups in total. The number of amides is 1. The molecule has 0 aromatic carbocycles. The van der Waals surface area contributed by atoms with Crippen LogP contribution in [0.2, 0.25) is 0 Å². The molecule has 0 aromatic rings. The van der Waals surface area contributed by atoms with Crippen molar-refractivity contribution >= 4 is 5.91 Å². The van der Waals surface area contributed by atoms with E-state index in [1.807, 2.05) is 0 Å². The summed E-state index contributed by atoms with van der Waals surface area (Å²) in [7, 11) is 0. The predicted molar refractivity (Wildman–Crippen MR) is 62.1 cm³/mol. The van der Waals surface area contributed by atoms with E-state index in [0.29, 0.717) is 11.8 Å². The first-order valence-electron chi connectivity index (χ1n) is 6.37. The second kappa shape index (κ2) is 5.64. The maximum atomic E-state index is 11.7. The number of piperidine rings is 1. The Morgan fingerprint density at radius 1 is 1.50 bits per heavy atom. The summed E-state index contributed by atoms with van der Waals surface area (Å²) in [5.74, 6) is 1.35. The van der Waals surface area contributed by atoms with Gasteiger partial charge in [-0.2, -0.15) is 0 Å². The Balaban J connectivity index is 1.71. The van der Waals surface area contributed by atoms with E-state index >= 15 is 0 Å². The molecule has 3 unspecified atom stereocenters. The normalized spacial score (nSPS) is 34.9. The Morgan fingerprint density at radius 3 is 3.06 bits per heavy atom. The molecule has 0 radical (unpaired) electrons. The zero-order chi connectivity index (χ0) is 11.4. The number of hydrogen-bond donors (Lipinski definition) is 2. The van der Waals surface area contributed by atoms with Crippen molar-refractivity contribution in [3.63, 3.8) is 0 Å². The van der Waals surface area contributed by atoms with Crippen molar-refractivity contribution in [3.05, 3.63) is 0 Å². The fourth-order valence-electron chi connectivity index (χ4n) is 2.50. The van der Waals surface area contributed by atoms with Gasteiger partial charge in [-0.15, -0.1) is 0 Å². The van der Waals surface area contributed by atoms with Crippen LogP contribution in [0.3, 0.4) is 0 Å². The third kappa shape index (κ3) is 2.95. The van der Waals surface area contributed by atoms with Gasteiger partial charge in [0.05, 0.1) is 0 Å². The fraction of sp³-hybridized carbons (Fsp3) is 0.917. The quantitative estimate of drug-likeness (QED) is 0.738. The van der Waals surface area contributed by atoms with Crippen LogP contribution in [0.5, 0.6) is 0 Å². The van der Waals surface area contributed by atoms with Crippen molar-refractivity contribution in [2.75, 3.05) is 26.2 Å². The van der Waals surface area contributed by atoms with Gasteiger partial charge in [0, 0.05) is 13.2 Å². The fourth-order valence-corrected chi connectivity index (χ4v) is 2.50. The third-order valence-electron chi connectivity index (χ3n) is 3.72. The van der Waals surface area contributed by atoms with E-state index in [2.05, 4.69) is 17.6 Å². The molecular weight excluding hydrogens is 204 g/mol. The molecule has 0 aromatic heterocycles. The highest BCUT2D eigenvalue weighted by atomic mass is 16.5. The Hall–Kier alpha value is -0.610. The lowest BCUT2D eigenvalue weighted by Crippen LogP contribution is -2.43. The lowest BCUT2D eigenvalue weighted by molar-refractivity contribution is -0.130. The van der Waals surface area contributed by atoms with Crippen molar-refractivity contribution in [2.45, 2.75) is 32.3 Å². The Bertz CT molecular complexity index is 239. The predicted octanol–water partition coefficient (Wildman–Crippen LogP) is 0.527. The minimum Gasteiger partial charge on any atom is -0.368 e. The summed E-state index contributed by atoms with van der Waals surface area (Å²) in [5, 5.41) is 6.40. The molecule has 2 aliphatic heterocycles. The topological polar surface area (TPSA) is 50.4 Å². The van der Waals surface area contributed by atoms with E-state index in [1.165, 1.54) is 0 Å². The summed E-state index contributed by atoms with van der Waals surface area (Å²) in [5.41, 5.74) is 0. The largest absolute Gasteiger partial charge is 0.368 e. The Labute approximate surface area is 97.1 Å². The van der Waals surface area contributed by atoms with Crippen LogP contribution in [0.15, 0.2) is 0 Å². The van der Waals surface area contributed by atoms with E-state index in [1.54, 1.807) is 0 Å². The molecule has 4 nitrogen and oxygen atoms in total. The molecule has 3 atom stereocenters. The average molecular weight is 226 g/mol. The molecule has 0 spiro atoms. The third-order valence-corrected chi connectivity index (χ3v) is 3.72. The number of rotatable bonds is 3. The summed E-state index contributed by atoms with van der Waals surface area (Å²) in [6, 6.07) is 0. The van der Waals surface area contributed by atoms with Crippen LogP contribution in [-0.2, 0) is 9.53 Å². The minimum absolute atomic E-state index is 0.0863. The van der Waals surface area contributed by atoms with E-state index in [-0.39, 0.29) is 12.0 Å². The van der Waals surface area contributed by atoms with Gasteiger partial charge in [0.1, 0.15) is 6.10 Å². The van der Waals surface area contributed by atoms with Crippen LogP contribution in [0.4, 0.5) is 0 Å². The Morgan fingerprint density at radius 2 is 2.38 bits per heavy atom. The van der Waals surface area contributed by atoms with Gasteiger partial charge in [-0.1, -0.05) is 6.92 Å². The van der Waals surface area contributed by atoms with Crippen LogP contribution in [0.25, 0.3) is 0 Å². The first-order valence-corrected chi connectivity index (χ1v) is 6.37. The molecule has 0 bridgehead atoms. The van der Waals surface area contributed by atoms with Crippen LogP contribution < -0.4 is 10.6 Å². The van der Waals surface area contributed by atoms with E-state index in [9.17, 15) is 4.79 Å². The van der Waals surface area contributed by atoms with Crippen molar-refractivity contribution in [3.8, 4) is 0 Å². The maximum absolute atomic E-state index is 11.7. The zero-order valence-corrected chi connectivity index (χ0v) is 10.00. The summed E-state index contributed by atoms with van der Waals surface area (Å²) < 4.78 is 5.36. The van der Waals surface area contributed by atoms with Crippen LogP contribution in [-0.4, -0.2) is 38.3 Å². The van der Waals surface area contributed by atoms with Gasteiger partial charge in [-0.3, -0.25) is 4.79 Å². The first kappa shape index (κ1) is 11.9. The average Bonchev–Trinajstić information content (AvgIpc) is 2.81. The van der Waals surface area contributed by atoms with Gasteiger partial charge in [0.25, 0.3) is 0 Å². The molecule has 4 heteroatoms. The second-order valence-electron chi connectivity index (χ2n) is 4.98. The van der Waals surface area contributed by atoms with Crippen molar-refractivity contribution in [2.24, 2.45) is 11.8 Å². The molecule has 2 rings (SSSR count).